The van der Waals surface area contributed by atoms with E-state index in [9.17, 15) is 18.0 Å². The van der Waals surface area contributed by atoms with Gasteiger partial charge in [-0.15, -0.1) is 0 Å². The van der Waals surface area contributed by atoms with Crippen LogP contribution in [0.25, 0.3) is 0 Å². The van der Waals surface area contributed by atoms with E-state index in [1.54, 1.807) is 4.90 Å². The Morgan fingerprint density at radius 2 is 2.13 bits per heavy atom. The Bertz CT molecular complexity index is 573. The topological polar surface area (TPSA) is 86.8 Å². The first-order chi connectivity index (χ1) is 10.6. The number of amides is 2. The minimum absolute atomic E-state index is 0.000757. The fourth-order valence-corrected chi connectivity index (χ4v) is 5.14. The lowest BCUT2D eigenvalue weighted by Gasteiger charge is -2.37. The zero-order chi connectivity index (χ0) is 17.3. The summed E-state index contributed by atoms with van der Waals surface area (Å²) in [6.45, 7) is 7.66. The molecule has 2 fully saturated rings. The summed E-state index contributed by atoms with van der Waals surface area (Å²) in [7, 11) is -3.02. The van der Waals surface area contributed by atoms with E-state index in [1.807, 2.05) is 25.7 Å². The SMILES string of the molecule is CCN(C(=O)CN1CCNC(=O)CC1(C)C)C1CCS(=O)(=O)C1. The van der Waals surface area contributed by atoms with Gasteiger partial charge in [0.15, 0.2) is 9.84 Å². The Kier molecular flexibility index (Phi) is 5.35. The van der Waals surface area contributed by atoms with Gasteiger partial charge in [0, 0.05) is 37.6 Å². The number of hydrogen-bond donors (Lipinski definition) is 1. The third kappa shape index (κ3) is 4.44. The van der Waals surface area contributed by atoms with Gasteiger partial charge >= 0.3 is 0 Å². The molecular formula is C15H27N3O4S. The van der Waals surface area contributed by atoms with Gasteiger partial charge in [-0.1, -0.05) is 0 Å². The van der Waals surface area contributed by atoms with Gasteiger partial charge < -0.3 is 10.2 Å². The summed E-state index contributed by atoms with van der Waals surface area (Å²) >= 11 is 0. The average molecular weight is 345 g/mol. The van der Waals surface area contributed by atoms with Gasteiger partial charge in [0.1, 0.15) is 0 Å². The maximum atomic E-state index is 12.7. The molecule has 132 valence electrons. The Balaban J connectivity index is 2.05. The second kappa shape index (κ2) is 6.76. The molecule has 0 aromatic carbocycles. The predicted octanol–water partition coefficient (Wildman–Crippen LogP) is -0.377. The largest absolute Gasteiger partial charge is 0.355 e. The molecule has 0 aromatic heterocycles. The van der Waals surface area contributed by atoms with E-state index in [1.165, 1.54) is 0 Å². The summed E-state index contributed by atoms with van der Waals surface area (Å²) in [5.41, 5.74) is -0.391. The first-order valence-corrected chi connectivity index (χ1v) is 9.98. The lowest BCUT2D eigenvalue weighted by atomic mass is 9.98. The van der Waals surface area contributed by atoms with Crippen LogP contribution in [0.3, 0.4) is 0 Å². The monoisotopic (exact) mass is 345 g/mol. The van der Waals surface area contributed by atoms with Gasteiger partial charge in [-0.25, -0.2) is 8.42 Å². The van der Waals surface area contributed by atoms with Crippen molar-refractivity contribution in [3.05, 3.63) is 0 Å². The highest BCUT2D eigenvalue weighted by Gasteiger charge is 2.37. The molecule has 0 spiro atoms. The quantitative estimate of drug-likeness (QED) is 0.751. The third-order valence-corrected chi connectivity index (χ3v) is 6.54. The maximum Gasteiger partial charge on any atom is 0.237 e. The van der Waals surface area contributed by atoms with E-state index in [0.29, 0.717) is 32.5 Å². The molecule has 2 saturated heterocycles. The van der Waals surface area contributed by atoms with E-state index in [4.69, 9.17) is 0 Å². The van der Waals surface area contributed by atoms with Crippen LogP contribution in [0.15, 0.2) is 0 Å². The number of rotatable bonds is 4. The van der Waals surface area contributed by atoms with Crippen molar-refractivity contribution < 1.29 is 18.0 Å². The molecule has 1 unspecified atom stereocenters. The minimum Gasteiger partial charge on any atom is -0.355 e. The van der Waals surface area contributed by atoms with Crippen LogP contribution < -0.4 is 5.32 Å². The predicted molar refractivity (Wildman–Crippen MR) is 87.7 cm³/mol. The van der Waals surface area contributed by atoms with Crippen molar-refractivity contribution in [2.75, 3.05) is 37.7 Å². The van der Waals surface area contributed by atoms with Gasteiger partial charge in [-0.2, -0.15) is 0 Å². The second-order valence-electron chi connectivity index (χ2n) is 7.00. The van der Waals surface area contributed by atoms with Crippen LogP contribution in [0.4, 0.5) is 0 Å². The molecule has 1 N–H and O–H groups in total. The lowest BCUT2D eigenvalue weighted by molar-refractivity contribution is -0.136. The van der Waals surface area contributed by atoms with Crippen LogP contribution in [0.5, 0.6) is 0 Å². The highest BCUT2D eigenvalue weighted by Crippen LogP contribution is 2.22. The Hall–Kier alpha value is -1.15. The van der Waals surface area contributed by atoms with Crippen LogP contribution in [0.1, 0.15) is 33.6 Å². The Labute approximate surface area is 138 Å². The van der Waals surface area contributed by atoms with Crippen molar-refractivity contribution in [2.24, 2.45) is 0 Å². The van der Waals surface area contributed by atoms with E-state index < -0.39 is 15.4 Å². The molecule has 2 amide bonds. The summed E-state index contributed by atoms with van der Waals surface area (Å²) in [6.07, 6.45) is 0.871. The van der Waals surface area contributed by atoms with Crippen LogP contribution in [-0.2, 0) is 19.4 Å². The second-order valence-corrected chi connectivity index (χ2v) is 9.23. The van der Waals surface area contributed by atoms with Crippen LogP contribution in [-0.4, -0.2) is 79.3 Å². The van der Waals surface area contributed by atoms with Crippen molar-refractivity contribution in [2.45, 2.75) is 45.2 Å². The molecule has 0 saturated carbocycles. The number of hydrogen-bond acceptors (Lipinski definition) is 5. The van der Waals surface area contributed by atoms with E-state index >= 15 is 0 Å². The summed E-state index contributed by atoms with van der Waals surface area (Å²) in [4.78, 5) is 28.1. The van der Waals surface area contributed by atoms with E-state index in [0.717, 1.165) is 0 Å². The molecule has 7 nitrogen and oxygen atoms in total. The average Bonchev–Trinajstić information content (AvgIpc) is 2.71. The van der Waals surface area contributed by atoms with Crippen molar-refractivity contribution in [3.8, 4) is 0 Å². The molecular weight excluding hydrogens is 318 g/mol. The van der Waals surface area contributed by atoms with Gasteiger partial charge in [-0.05, 0) is 27.2 Å². The molecule has 8 heteroatoms. The highest BCUT2D eigenvalue weighted by atomic mass is 32.2. The Morgan fingerprint density at radius 3 is 2.70 bits per heavy atom. The molecule has 0 radical (unpaired) electrons. The molecule has 0 aromatic rings. The number of carbonyl (C=O) groups excluding carboxylic acids is 2. The zero-order valence-electron chi connectivity index (χ0n) is 14.2. The summed E-state index contributed by atoms with van der Waals surface area (Å²) < 4.78 is 23.3. The van der Waals surface area contributed by atoms with Crippen molar-refractivity contribution >= 4 is 21.7 Å². The number of nitrogens with zero attached hydrogens (tertiary/aromatic N) is 2. The molecule has 2 rings (SSSR count). The first-order valence-electron chi connectivity index (χ1n) is 8.16. The fraction of sp³-hybridized carbons (Fsp3) is 0.867. The van der Waals surface area contributed by atoms with E-state index in [-0.39, 0.29) is 35.9 Å². The van der Waals surface area contributed by atoms with Crippen LogP contribution >= 0.6 is 0 Å². The molecule has 2 aliphatic heterocycles. The van der Waals surface area contributed by atoms with Crippen LogP contribution in [0, 0.1) is 0 Å². The van der Waals surface area contributed by atoms with Crippen molar-refractivity contribution in [3.63, 3.8) is 0 Å². The smallest absolute Gasteiger partial charge is 0.237 e. The maximum absolute atomic E-state index is 12.7. The minimum atomic E-state index is -3.02. The number of nitrogens with one attached hydrogen (secondary N) is 1. The normalized spacial score (nSPS) is 27.3. The molecule has 23 heavy (non-hydrogen) atoms. The van der Waals surface area contributed by atoms with Gasteiger partial charge in [0.2, 0.25) is 11.8 Å². The molecule has 0 bridgehead atoms. The van der Waals surface area contributed by atoms with Gasteiger partial charge in [0.25, 0.3) is 0 Å². The zero-order valence-corrected chi connectivity index (χ0v) is 15.0. The Morgan fingerprint density at radius 1 is 1.43 bits per heavy atom. The fourth-order valence-electron chi connectivity index (χ4n) is 3.41. The number of likely N-dealkylation sites (N-methyl/N-ethyl adjacent to an activating group) is 1. The first kappa shape index (κ1) is 18.2. The molecule has 1 atom stereocenters. The van der Waals surface area contributed by atoms with Gasteiger partial charge in [0.05, 0.1) is 18.1 Å². The van der Waals surface area contributed by atoms with Gasteiger partial charge in [-0.3, -0.25) is 14.5 Å². The number of sulfone groups is 1. The molecule has 2 aliphatic rings. The van der Waals surface area contributed by atoms with Crippen LogP contribution in [0.2, 0.25) is 0 Å². The summed E-state index contributed by atoms with van der Waals surface area (Å²) in [5.74, 6) is 0.168. The summed E-state index contributed by atoms with van der Waals surface area (Å²) in [6, 6.07) is -0.215. The summed E-state index contributed by atoms with van der Waals surface area (Å²) in [5, 5.41) is 2.83. The molecule has 2 heterocycles. The molecule has 0 aliphatic carbocycles. The number of carbonyl (C=O) groups is 2. The third-order valence-electron chi connectivity index (χ3n) is 4.79. The highest BCUT2D eigenvalue weighted by molar-refractivity contribution is 7.91. The standard InChI is InChI=1S/C15H27N3O4S/c1-4-18(12-5-8-23(21,22)11-12)14(20)10-17-7-6-16-13(19)9-15(17,2)3/h12H,4-11H2,1-3H3,(H,16,19). The van der Waals surface area contributed by atoms with Crippen molar-refractivity contribution in [1.29, 1.82) is 0 Å². The van der Waals surface area contributed by atoms with Crippen molar-refractivity contribution in [1.82, 2.24) is 15.1 Å². The van der Waals surface area contributed by atoms with E-state index in [2.05, 4.69) is 5.32 Å². The lowest BCUT2D eigenvalue weighted by Crippen LogP contribution is -2.52.